The van der Waals surface area contributed by atoms with Gasteiger partial charge in [-0.25, -0.2) is 22.8 Å². The van der Waals surface area contributed by atoms with Crippen LogP contribution >= 0.6 is 11.3 Å². The van der Waals surface area contributed by atoms with Crippen LogP contribution in [0.3, 0.4) is 0 Å². The Bertz CT molecular complexity index is 1660. The highest BCUT2D eigenvalue weighted by Gasteiger charge is 2.21. The van der Waals surface area contributed by atoms with Crippen LogP contribution in [0.2, 0.25) is 0 Å². The van der Waals surface area contributed by atoms with Crippen LogP contribution in [0.5, 0.6) is 0 Å². The van der Waals surface area contributed by atoms with Crippen molar-refractivity contribution in [3.8, 4) is 11.3 Å². The molecule has 0 aliphatic rings. The number of thiazole rings is 1. The summed E-state index contributed by atoms with van der Waals surface area (Å²) in [6, 6.07) is 11.9. The maximum atomic E-state index is 13.3. The number of aromatic nitrogens is 3. The number of carbonyl (C=O) groups excluding carboxylic acids is 1. The molecule has 1 amide bonds. The van der Waals surface area contributed by atoms with Gasteiger partial charge in [0.15, 0.2) is 15.0 Å². The summed E-state index contributed by atoms with van der Waals surface area (Å²) in [7, 11) is -3.36. The topological polar surface area (TPSA) is 115 Å². The van der Waals surface area contributed by atoms with Crippen molar-refractivity contribution in [2.24, 2.45) is 0 Å². The van der Waals surface area contributed by atoms with Gasteiger partial charge in [-0.3, -0.25) is 10.1 Å². The number of rotatable bonds is 4. The van der Waals surface area contributed by atoms with Crippen LogP contribution in [-0.2, 0) is 9.84 Å². The number of anilines is 1. The second kappa shape index (κ2) is 7.71. The molecule has 0 radical (unpaired) electrons. The number of halogens is 1. The average Bonchev–Trinajstić information content (AvgIpc) is 3.35. The predicted octanol–water partition coefficient (Wildman–Crippen LogP) is 4.60. The fourth-order valence-corrected chi connectivity index (χ4v) is 5.02. The Hall–Kier alpha value is -3.70. The van der Waals surface area contributed by atoms with E-state index in [-0.39, 0.29) is 22.0 Å². The molecule has 0 aliphatic heterocycles. The molecule has 0 bridgehead atoms. The molecule has 11 heteroatoms. The van der Waals surface area contributed by atoms with Gasteiger partial charge in [0.2, 0.25) is 0 Å². The van der Waals surface area contributed by atoms with Gasteiger partial charge in [-0.05, 0) is 55.5 Å². The van der Waals surface area contributed by atoms with E-state index in [0.29, 0.717) is 37.7 Å². The first kappa shape index (κ1) is 21.2. The molecule has 2 aromatic carbocycles. The van der Waals surface area contributed by atoms with E-state index in [2.05, 4.69) is 20.4 Å². The minimum atomic E-state index is -3.36. The van der Waals surface area contributed by atoms with E-state index in [1.807, 2.05) is 0 Å². The summed E-state index contributed by atoms with van der Waals surface area (Å²) < 4.78 is 42.9. The van der Waals surface area contributed by atoms with Gasteiger partial charge in [-0.2, -0.15) is 0 Å². The van der Waals surface area contributed by atoms with Gasteiger partial charge in [-0.15, -0.1) is 0 Å². The van der Waals surface area contributed by atoms with E-state index in [9.17, 15) is 17.6 Å². The van der Waals surface area contributed by atoms with E-state index in [1.54, 1.807) is 31.2 Å². The van der Waals surface area contributed by atoms with Crippen molar-refractivity contribution in [1.29, 1.82) is 0 Å². The van der Waals surface area contributed by atoms with Crippen LogP contribution < -0.4 is 5.32 Å². The maximum absolute atomic E-state index is 13.3. The van der Waals surface area contributed by atoms with Crippen molar-refractivity contribution in [3.05, 3.63) is 65.6 Å². The first-order chi connectivity index (χ1) is 15.7. The van der Waals surface area contributed by atoms with E-state index in [0.717, 1.165) is 17.6 Å². The molecule has 5 rings (SSSR count). The number of pyridine rings is 1. The molecule has 0 atom stereocenters. The van der Waals surface area contributed by atoms with Crippen molar-refractivity contribution in [2.45, 2.75) is 11.8 Å². The molecule has 0 saturated carbocycles. The highest BCUT2D eigenvalue weighted by atomic mass is 32.2. The van der Waals surface area contributed by atoms with Crippen LogP contribution in [-0.4, -0.2) is 35.7 Å². The van der Waals surface area contributed by atoms with Gasteiger partial charge in [0.25, 0.3) is 11.6 Å². The van der Waals surface area contributed by atoms with Crippen molar-refractivity contribution in [1.82, 2.24) is 15.1 Å². The van der Waals surface area contributed by atoms with Crippen molar-refractivity contribution >= 4 is 53.5 Å². The average molecular weight is 483 g/mol. The molecule has 3 heterocycles. The Morgan fingerprint density at radius 1 is 1.09 bits per heavy atom. The summed E-state index contributed by atoms with van der Waals surface area (Å²) in [6.07, 6.45) is 1.13. The van der Waals surface area contributed by atoms with Crippen LogP contribution in [0.15, 0.2) is 57.9 Å². The van der Waals surface area contributed by atoms with E-state index >= 15 is 0 Å². The number of carbonyl (C=O) groups is 1. The molecular formula is C22H15FN4O4S2. The van der Waals surface area contributed by atoms with Gasteiger partial charge in [0.05, 0.1) is 37.4 Å². The van der Waals surface area contributed by atoms with E-state index in [1.165, 1.54) is 24.3 Å². The summed E-state index contributed by atoms with van der Waals surface area (Å²) in [5.41, 5.74) is 2.54. The van der Waals surface area contributed by atoms with Gasteiger partial charge in [0.1, 0.15) is 5.82 Å². The summed E-state index contributed by atoms with van der Waals surface area (Å²) in [6.45, 7) is 1.70. The third kappa shape index (κ3) is 3.96. The summed E-state index contributed by atoms with van der Waals surface area (Å²) >= 11 is 1.16. The monoisotopic (exact) mass is 482 g/mol. The molecule has 166 valence electrons. The maximum Gasteiger partial charge on any atom is 0.259 e. The smallest absolute Gasteiger partial charge is 0.259 e. The lowest BCUT2D eigenvalue weighted by Crippen LogP contribution is -2.13. The quantitative estimate of drug-likeness (QED) is 0.398. The molecule has 5 aromatic rings. The fourth-order valence-electron chi connectivity index (χ4n) is 3.40. The number of nitrogens with one attached hydrogen (secondary N) is 1. The first-order valence-electron chi connectivity index (χ1n) is 9.64. The van der Waals surface area contributed by atoms with E-state index < -0.39 is 15.7 Å². The zero-order valence-corrected chi connectivity index (χ0v) is 18.9. The van der Waals surface area contributed by atoms with E-state index in [4.69, 9.17) is 4.52 Å². The van der Waals surface area contributed by atoms with Crippen molar-refractivity contribution < 1.29 is 22.1 Å². The van der Waals surface area contributed by atoms with Crippen LogP contribution in [0.1, 0.15) is 16.1 Å². The Morgan fingerprint density at radius 3 is 2.58 bits per heavy atom. The molecule has 0 spiro atoms. The Labute approximate surface area is 191 Å². The standard InChI is InChI=1S/C22H15FN4O4S2/c1-11-19-15(10-17(24-21(19)31-27-11)12-3-5-13(23)6-4-12)20(28)26-22-25-16-8-7-14(33(2,29)30)9-18(16)32-22/h3-10H,1-2H3,(H,25,26,28). The number of fused-ring (bicyclic) bond motifs is 2. The van der Waals surface area contributed by atoms with Crippen molar-refractivity contribution in [3.63, 3.8) is 0 Å². The zero-order chi connectivity index (χ0) is 23.3. The molecule has 8 nitrogen and oxygen atoms in total. The summed E-state index contributed by atoms with van der Waals surface area (Å²) in [5, 5.41) is 7.45. The van der Waals surface area contributed by atoms with Gasteiger partial charge >= 0.3 is 0 Å². The highest BCUT2D eigenvalue weighted by Crippen LogP contribution is 2.31. The number of hydrogen-bond acceptors (Lipinski definition) is 8. The minimum absolute atomic E-state index is 0.177. The SMILES string of the molecule is Cc1noc2nc(-c3ccc(F)cc3)cc(C(=O)Nc3nc4ccc(S(C)(=O)=O)cc4s3)c12. The number of benzene rings is 2. The lowest BCUT2D eigenvalue weighted by atomic mass is 10.1. The minimum Gasteiger partial charge on any atom is -0.335 e. The largest absolute Gasteiger partial charge is 0.335 e. The van der Waals surface area contributed by atoms with Crippen LogP contribution in [0.4, 0.5) is 9.52 Å². The lowest BCUT2D eigenvalue weighted by Gasteiger charge is -2.07. The second-order valence-corrected chi connectivity index (χ2v) is 10.4. The number of aryl methyl sites for hydroxylation is 1. The number of hydrogen-bond donors (Lipinski definition) is 1. The zero-order valence-electron chi connectivity index (χ0n) is 17.3. The fraction of sp³-hybridized carbons (Fsp3) is 0.0909. The molecule has 1 N–H and O–H groups in total. The summed E-state index contributed by atoms with van der Waals surface area (Å²) in [4.78, 5) is 22.2. The third-order valence-corrected chi connectivity index (χ3v) is 7.05. The molecular weight excluding hydrogens is 467 g/mol. The number of sulfone groups is 1. The second-order valence-electron chi connectivity index (χ2n) is 7.38. The molecule has 0 fully saturated rings. The Kier molecular flexibility index (Phi) is 4.94. The number of amides is 1. The molecule has 0 saturated heterocycles. The molecule has 3 aromatic heterocycles. The van der Waals surface area contributed by atoms with Crippen LogP contribution in [0.25, 0.3) is 32.6 Å². The van der Waals surface area contributed by atoms with Crippen molar-refractivity contribution in [2.75, 3.05) is 11.6 Å². The third-order valence-electron chi connectivity index (χ3n) is 5.01. The molecule has 33 heavy (non-hydrogen) atoms. The van der Waals surface area contributed by atoms with Gasteiger partial charge in [0, 0.05) is 11.8 Å². The molecule has 0 aliphatic carbocycles. The Balaban J connectivity index is 1.55. The Morgan fingerprint density at radius 2 is 1.85 bits per heavy atom. The first-order valence-corrected chi connectivity index (χ1v) is 12.3. The van der Waals surface area contributed by atoms with Gasteiger partial charge in [-0.1, -0.05) is 16.5 Å². The normalized spacial score (nSPS) is 11.8. The predicted molar refractivity (Wildman–Crippen MR) is 123 cm³/mol. The molecule has 0 unspecified atom stereocenters. The highest BCUT2D eigenvalue weighted by molar-refractivity contribution is 7.90. The lowest BCUT2D eigenvalue weighted by molar-refractivity contribution is 0.102. The number of nitrogens with zero attached hydrogens (tertiary/aromatic N) is 3. The van der Waals surface area contributed by atoms with Crippen LogP contribution in [0, 0.1) is 12.7 Å². The van der Waals surface area contributed by atoms with Gasteiger partial charge < -0.3 is 4.52 Å². The summed E-state index contributed by atoms with van der Waals surface area (Å²) in [5.74, 6) is -0.845.